The largest absolute Gasteiger partial charge is 0.507 e. The van der Waals surface area contributed by atoms with Crippen LogP contribution in [0.1, 0.15) is 80.2 Å². The maximum Gasteiger partial charge on any atom is 0.256 e. The fraction of sp³-hybridized carbons (Fsp3) is 0.375. The first-order chi connectivity index (χ1) is 12.8. The highest BCUT2D eigenvalue weighted by molar-refractivity contribution is 6.34. The zero-order valence-corrected chi connectivity index (χ0v) is 16.9. The van der Waals surface area contributed by atoms with E-state index in [9.17, 15) is 9.90 Å². The van der Waals surface area contributed by atoms with Gasteiger partial charge in [0, 0.05) is 16.8 Å². The van der Waals surface area contributed by atoms with E-state index in [1.54, 1.807) is 0 Å². The van der Waals surface area contributed by atoms with Gasteiger partial charge in [0.25, 0.3) is 5.91 Å². The number of nitrogens with one attached hydrogen (secondary N) is 1. The lowest BCUT2D eigenvalue weighted by atomic mass is 9.87. The number of hydrogen-bond donors (Lipinski definition) is 2. The highest BCUT2D eigenvalue weighted by atomic mass is 16.3. The molecule has 1 heterocycles. The van der Waals surface area contributed by atoms with E-state index in [0.29, 0.717) is 11.3 Å². The average Bonchev–Trinajstić information content (AvgIpc) is 2.95. The zero-order chi connectivity index (χ0) is 19.7. The van der Waals surface area contributed by atoms with E-state index in [2.05, 4.69) is 33.0 Å². The van der Waals surface area contributed by atoms with Gasteiger partial charge in [-0.05, 0) is 78.1 Å². The number of carbonyl (C=O) groups is 1. The number of benzene rings is 2. The van der Waals surface area contributed by atoms with Gasteiger partial charge < -0.3 is 10.4 Å². The van der Waals surface area contributed by atoms with Gasteiger partial charge >= 0.3 is 0 Å². The van der Waals surface area contributed by atoms with Crippen LogP contribution in [0.5, 0.6) is 5.75 Å². The molecule has 27 heavy (non-hydrogen) atoms. The van der Waals surface area contributed by atoms with Crippen molar-refractivity contribution >= 4 is 23.2 Å². The number of rotatable bonds is 5. The van der Waals surface area contributed by atoms with Crippen LogP contribution in [0.4, 0.5) is 5.69 Å². The summed E-state index contributed by atoms with van der Waals surface area (Å²) in [7, 11) is 0. The topological polar surface area (TPSA) is 49.3 Å². The van der Waals surface area contributed by atoms with Crippen molar-refractivity contribution in [3.05, 3.63) is 58.1 Å². The van der Waals surface area contributed by atoms with Crippen LogP contribution in [0.2, 0.25) is 0 Å². The van der Waals surface area contributed by atoms with Gasteiger partial charge in [0.15, 0.2) is 0 Å². The number of carbonyl (C=O) groups excluding carboxylic acids is 1. The minimum Gasteiger partial charge on any atom is -0.507 e. The van der Waals surface area contributed by atoms with Crippen LogP contribution in [-0.2, 0) is 4.79 Å². The lowest BCUT2D eigenvalue weighted by Crippen LogP contribution is -2.04. The van der Waals surface area contributed by atoms with Gasteiger partial charge in [0.1, 0.15) is 5.75 Å². The first-order valence-electron chi connectivity index (χ1n) is 9.86. The van der Waals surface area contributed by atoms with Crippen molar-refractivity contribution in [1.29, 1.82) is 0 Å². The van der Waals surface area contributed by atoms with Crippen molar-refractivity contribution in [2.75, 3.05) is 5.32 Å². The van der Waals surface area contributed by atoms with Gasteiger partial charge in [-0.3, -0.25) is 4.79 Å². The molecule has 0 aromatic heterocycles. The molecule has 2 atom stereocenters. The molecule has 0 bridgehead atoms. The number of amides is 1. The Labute approximate surface area is 162 Å². The number of phenols is 1. The van der Waals surface area contributed by atoms with E-state index < -0.39 is 0 Å². The summed E-state index contributed by atoms with van der Waals surface area (Å²) in [5.74, 6) is 0.864. The third-order valence-electron chi connectivity index (χ3n) is 5.75. The van der Waals surface area contributed by atoms with Crippen molar-refractivity contribution in [1.82, 2.24) is 0 Å². The van der Waals surface area contributed by atoms with Crippen molar-refractivity contribution in [2.45, 2.75) is 59.3 Å². The Morgan fingerprint density at radius 2 is 1.63 bits per heavy atom. The van der Waals surface area contributed by atoms with Crippen LogP contribution in [0.3, 0.4) is 0 Å². The Balaban J connectivity index is 2.15. The highest BCUT2D eigenvalue weighted by Gasteiger charge is 2.24. The molecule has 2 aromatic rings. The molecule has 0 saturated heterocycles. The van der Waals surface area contributed by atoms with Crippen molar-refractivity contribution in [3.8, 4) is 5.75 Å². The van der Waals surface area contributed by atoms with E-state index >= 15 is 0 Å². The van der Waals surface area contributed by atoms with E-state index in [4.69, 9.17) is 0 Å². The van der Waals surface area contributed by atoms with Crippen molar-refractivity contribution < 1.29 is 9.90 Å². The Hall–Kier alpha value is -2.55. The molecule has 1 amide bonds. The Kier molecular flexibility index (Phi) is 5.41. The van der Waals surface area contributed by atoms with Gasteiger partial charge in [0.2, 0.25) is 0 Å². The quantitative estimate of drug-likeness (QED) is 0.620. The molecule has 3 heteroatoms. The predicted octanol–water partition coefficient (Wildman–Crippen LogP) is 6.22. The molecular weight excluding hydrogens is 334 g/mol. The highest BCUT2D eigenvalue weighted by Crippen LogP contribution is 2.39. The maximum absolute atomic E-state index is 12.5. The second kappa shape index (κ2) is 7.59. The molecule has 0 saturated carbocycles. The monoisotopic (exact) mass is 363 g/mol. The SMILES string of the molecule is CCC(C)c1cc(C=C2C(=O)Nc3cc(C)ccc32)cc(C(C)CC)c1O. The van der Waals surface area contributed by atoms with Gasteiger partial charge in [0.05, 0.1) is 0 Å². The van der Waals surface area contributed by atoms with Crippen LogP contribution in [0, 0.1) is 6.92 Å². The lowest BCUT2D eigenvalue weighted by Gasteiger charge is -2.19. The maximum atomic E-state index is 12.5. The molecule has 0 aliphatic carbocycles. The number of hydrogen-bond acceptors (Lipinski definition) is 2. The summed E-state index contributed by atoms with van der Waals surface area (Å²) in [5, 5.41) is 13.8. The molecular formula is C24H29NO2. The fourth-order valence-electron chi connectivity index (χ4n) is 3.60. The third kappa shape index (κ3) is 3.64. The van der Waals surface area contributed by atoms with Crippen LogP contribution in [-0.4, -0.2) is 11.0 Å². The summed E-state index contributed by atoms with van der Waals surface area (Å²) in [6.45, 7) is 10.5. The van der Waals surface area contributed by atoms with Crippen molar-refractivity contribution in [2.24, 2.45) is 0 Å². The number of aryl methyl sites for hydroxylation is 1. The summed E-state index contributed by atoms with van der Waals surface area (Å²) in [6.07, 6.45) is 3.86. The molecule has 2 aromatic carbocycles. The molecule has 0 radical (unpaired) electrons. The summed E-state index contributed by atoms with van der Waals surface area (Å²) < 4.78 is 0. The number of fused-ring (bicyclic) bond motifs is 1. The fourth-order valence-corrected chi connectivity index (χ4v) is 3.60. The Morgan fingerprint density at radius 3 is 2.19 bits per heavy atom. The van der Waals surface area contributed by atoms with Crippen molar-refractivity contribution in [3.63, 3.8) is 0 Å². The van der Waals surface area contributed by atoms with E-state index in [-0.39, 0.29) is 17.7 Å². The predicted molar refractivity (Wildman–Crippen MR) is 113 cm³/mol. The number of phenolic OH excluding ortho intramolecular Hbond substituents is 1. The number of aromatic hydroxyl groups is 1. The van der Waals surface area contributed by atoms with Gasteiger partial charge in [-0.15, -0.1) is 0 Å². The van der Waals surface area contributed by atoms with E-state index in [1.807, 2.05) is 43.3 Å². The second-order valence-corrected chi connectivity index (χ2v) is 7.73. The second-order valence-electron chi connectivity index (χ2n) is 7.73. The molecule has 2 unspecified atom stereocenters. The third-order valence-corrected chi connectivity index (χ3v) is 5.75. The zero-order valence-electron chi connectivity index (χ0n) is 16.9. The summed E-state index contributed by atoms with van der Waals surface area (Å²) in [4.78, 5) is 12.5. The molecule has 2 N–H and O–H groups in total. The Morgan fingerprint density at radius 1 is 1.04 bits per heavy atom. The molecule has 1 aliphatic heterocycles. The standard InChI is InChI=1S/C24H29NO2/c1-6-15(4)19-11-17(12-20(23(19)26)16(5)7-2)13-21-18-9-8-14(3)10-22(18)25-24(21)27/h8-13,15-16,26H,6-7H2,1-5H3,(H,25,27). The van der Waals surface area contributed by atoms with E-state index in [1.165, 1.54) is 0 Å². The van der Waals surface area contributed by atoms with Crippen LogP contribution >= 0.6 is 0 Å². The van der Waals surface area contributed by atoms with Gasteiger partial charge in [-0.1, -0.05) is 39.8 Å². The first kappa shape index (κ1) is 19.2. The normalized spacial score (nSPS) is 16.9. The molecule has 1 aliphatic rings. The molecule has 3 rings (SSSR count). The average molecular weight is 364 g/mol. The minimum atomic E-state index is -0.0705. The summed E-state index contributed by atoms with van der Waals surface area (Å²) in [5.41, 5.74) is 6.51. The van der Waals surface area contributed by atoms with Crippen LogP contribution < -0.4 is 5.32 Å². The summed E-state index contributed by atoms with van der Waals surface area (Å²) in [6, 6.07) is 10.1. The number of anilines is 1. The molecule has 0 fully saturated rings. The van der Waals surface area contributed by atoms with Gasteiger partial charge in [-0.2, -0.15) is 0 Å². The van der Waals surface area contributed by atoms with Crippen LogP contribution in [0.15, 0.2) is 30.3 Å². The summed E-state index contributed by atoms with van der Waals surface area (Å²) >= 11 is 0. The molecule has 3 nitrogen and oxygen atoms in total. The first-order valence-corrected chi connectivity index (χ1v) is 9.86. The smallest absolute Gasteiger partial charge is 0.256 e. The van der Waals surface area contributed by atoms with Gasteiger partial charge in [-0.25, -0.2) is 0 Å². The van der Waals surface area contributed by atoms with E-state index in [0.717, 1.165) is 46.3 Å². The molecule has 0 spiro atoms. The minimum absolute atomic E-state index is 0.0705. The lowest BCUT2D eigenvalue weighted by molar-refractivity contribution is -0.110. The Bertz CT molecular complexity index is 880. The molecule has 142 valence electrons. The van der Waals surface area contributed by atoms with Crippen LogP contribution in [0.25, 0.3) is 11.6 Å².